The number of rotatable bonds is 18. The summed E-state index contributed by atoms with van der Waals surface area (Å²) in [5.41, 5.74) is 0. The number of ether oxygens (including phenoxy) is 2. The second-order valence-electron chi connectivity index (χ2n) is 9.75. The Morgan fingerprint density at radius 3 is 1.43 bits per heavy atom. The van der Waals surface area contributed by atoms with E-state index in [9.17, 15) is 79.8 Å². The van der Waals surface area contributed by atoms with Crippen molar-refractivity contribution in [2.45, 2.75) is 67.3 Å². The Bertz CT molecular complexity index is 909. The van der Waals surface area contributed by atoms with Gasteiger partial charge in [-0.3, -0.25) is 9.59 Å². The molecule has 0 aliphatic heterocycles. The van der Waals surface area contributed by atoms with Gasteiger partial charge in [-0.1, -0.05) is 0 Å². The molecule has 1 atom stereocenters. The third-order valence-corrected chi connectivity index (χ3v) is 5.17. The normalized spacial score (nSPS) is 15.3. The molecule has 42 heavy (non-hydrogen) atoms. The summed E-state index contributed by atoms with van der Waals surface area (Å²) in [5.74, 6) is -43.5. The van der Waals surface area contributed by atoms with E-state index in [-0.39, 0.29) is 24.0 Å². The molecular formula is C20H25F16N2O4+. The molecule has 1 unspecified atom stereocenters. The highest BCUT2D eigenvalue weighted by Crippen LogP contribution is 2.49. The molecule has 6 nitrogen and oxygen atoms in total. The van der Waals surface area contributed by atoms with Crippen LogP contribution in [-0.2, 0) is 19.1 Å². The largest absolute Gasteiger partial charge is 0.459 e. The molecule has 0 radical (unpaired) electrons. The first-order chi connectivity index (χ1) is 18.5. The van der Waals surface area contributed by atoms with Gasteiger partial charge in [0, 0.05) is 13.0 Å². The van der Waals surface area contributed by atoms with E-state index in [0.29, 0.717) is 0 Å². The summed E-state index contributed by atoms with van der Waals surface area (Å²) in [6, 6.07) is -2.36. The summed E-state index contributed by atoms with van der Waals surface area (Å²) < 4.78 is 216. The first-order valence-corrected chi connectivity index (χ1v) is 11.2. The van der Waals surface area contributed by atoms with Crippen molar-refractivity contribution < 1.29 is 93.8 Å². The van der Waals surface area contributed by atoms with Gasteiger partial charge in [-0.25, -0.2) is 17.6 Å². The van der Waals surface area contributed by atoms with E-state index in [0.717, 1.165) is 0 Å². The van der Waals surface area contributed by atoms with Gasteiger partial charge in [0.05, 0.1) is 34.1 Å². The number of alkyl halides is 16. The Kier molecular flexibility index (Phi) is 12.9. The summed E-state index contributed by atoms with van der Waals surface area (Å²) in [6.07, 6.45) is -12.2. The maximum absolute atomic E-state index is 13.7. The molecule has 250 valence electrons. The lowest BCUT2D eigenvalue weighted by molar-refractivity contribution is -0.870. The zero-order chi connectivity index (χ0) is 33.8. The first kappa shape index (κ1) is 39.7. The topological polar surface area (TPSA) is 64.6 Å². The number of halogens is 16. The fraction of sp³-hybridized carbons (Fsp3) is 0.900. The Morgan fingerprint density at radius 1 is 0.690 bits per heavy atom. The third kappa shape index (κ3) is 9.37. The molecule has 0 fully saturated rings. The minimum atomic E-state index is -6.79. The molecular weight excluding hydrogens is 636 g/mol. The highest BCUT2D eigenvalue weighted by molar-refractivity contribution is 5.82. The zero-order valence-electron chi connectivity index (χ0n) is 21.6. The standard InChI is InChI=1S/C20H25F16N2O4/c1-38(2,3)6-4-5-37-10(12(40)42-9-16(27,28)20(35,36)18(31,32)14(23)24)7-11(39)41-8-15(25,26)19(33,34)17(29,30)13(21)22/h10,13-14,37H,4-9H2,1-3H3/q+1. The van der Waals surface area contributed by atoms with E-state index < -0.39 is 86.0 Å². The smallest absolute Gasteiger partial charge is 0.381 e. The van der Waals surface area contributed by atoms with Crippen LogP contribution in [0, 0.1) is 0 Å². The van der Waals surface area contributed by atoms with E-state index in [1.165, 1.54) is 0 Å². The van der Waals surface area contributed by atoms with Crippen LogP contribution < -0.4 is 5.32 Å². The molecule has 0 rings (SSSR count). The van der Waals surface area contributed by atoms with Gasteiger partial charge in [-0.2, -0.15) is 52.7 Å². The van der Waals surface area contributed by atoms with Crippen LogP contribution in [0.15, 0.2) is 0 Å². The highest BCUT2D eigenvalue weighted by Gasteiger charge is 2.76. The van der Waals surface area contributed by atoms with E-state index in [1.807, 2.05) is 0 Å². The van der Waals surface area contributed by atoms with Crippen LogP contribution in [0.5, 0.6) is 0 Å². The molecule has 22 heteroatoms. The van der Waals surface area contributed by atoms with Gasteiger partial charge in [0.1, 0.15) is 6.04 Å². The van der Waals surface area contributed by atoms with E-state index in [4.69, 9.17) is 0 Å². The van der Waals surface area contributed by atoms with Crippen molar-refractivity contribution in [3.63, 3.8) is 0 Å². The van der Waals surface area contributed by atoms with Crippen molar-refractivity contribution in [1.82, 2.24) is 5.32 Å². The molecule has 0 aliphatic carbocycles. The van der Waals surface area contributed by atoms with Gasteiger partial charge in [0.2, 0.25) is 0 Å². The van der Waals surface area contributed by atoms with Crippen molar-refractivity contribution in [3.8, 4) is 0 Å². The molecule has 0 aromatic heterocycles. The summed E-state index contributed by atoms with van der Waals surface area (Å²) in [5, 5.41) is 2.07. The van der Waals surface area contributed by atoms with Crippen LogP contribution in [0.1, 0.15) is 12.8 Å². The Labute approximate surface area is 226 Å². The molecule has 0 aliphatic rings. The molecule has 0 aromatic carbocycles. The Hall–Kier alpha value is -2.26. The number of quaternary nitrogens is 1. The van der Waals surface area contributed by atoms with Crippen LogP contribution in [0.3, 0.4) is 0 Å². The monoisotopic (exact) mass is 661 g/mol. The lowest BCUT2D eigenvalue weighted by Gasteiger charge is -2.32. The highest BCUT2D eigenvalue weighted by atomic mass is 19.4. The van der Waals surface area contributed by atoms with Crippen molar-refractivity contribution in [3.05, 3.63) is 0 Å². The van der Waals surface area contributed by atoms with Gasteiger partial charge < -0.3 is 19.3 Å². The fourth-order valence-corrected chi connectivity index (χ4v) is 2.67. The Morgan fingerprint density at radius 2 is 1.07 bits per heavy atom. The molecule has 0 saturated heterocycles. The van der Waals surface area contributed by atoms with Gasteiger partial charge in [-0.05, 0) is 0 Å². The second kappa shape index (κ2) is 13.6. The molecule has 0 spiro atoms. The minimum absolute atomic E-state index is 0.0597. The average Bonchev–Trinajstić information content (AvgIpc) is 2.81. The number of hydrogen-bond acceptors (Lipinski definition) is 5. The van der Waals surface area contributed by atoms with Crippen molar-refractivity contribution in [2.24, 2.45) is 0 Å². The average molecular weight is 661 g/mol. The molecule has 0 bridgehead atoms. The molecule has 0 amide bonds. The number of carbonyl (C=O) groups excluding carboxylic acids is 2. The Balaban J connectivity index is 5.71. The number of nitrogens with one attached hydrogen (secondary N) is 1. The van der Waals surface area contributed by atoms with E-state index in [2.05, 4.69) is 14.8 Å². The first-order valence-electron chi connectivity index (χ1n) is 11.2. The van der Waals surface area contributed by atoms with Gasteiger partial charge >= 0.3 is 60.3 Å². The molecule has 0 aromatic rings. The van der Waals surface area contributed by atoms with Gasteiger partial charge in [-0.15, -0.1) is 0 Å². The summed E-state index contributed by atoms with van der Waals surface area (Å²) in [7, 11) is 4.94. The lowest BCUT2D eigenvalue weighted by atomic mass is 10.1. The number of nitrogens with zero attached hydrogens (tertiary/aromatic N) is 1. The van der Waals surface area contributed by atoms with Crippen LogP contribution in [0.2, 0.25) is 0 Å². The predicted molar refractivity (Wildman–Crippen MR) is 108 cm³/mol. The summed E-state index contributed by atoms with van der Waals surface area (Å²) >= 11 is 0. The summed E-state index contributed by atoms with van der Waals surface area (Å²) in [6.45, 7) is -6.07. The quantitative estimate of drug-likeness (QED) is 0.0985. The van der Waals surface area contributed by atoms with E-state index >= 15 is 0 Å². The number of carbonyl (C=O) groups is 2. The SMILES string of the molecule is C[N+](C)(C)CCCNC(CC(=O)OCC(F)(F)C(F)(F)C(F)(F)C(F)F)C(=O)OCC(F)(F)C(F)(F)C(F)(F)C(F)F. The van der Waals surface area contributed by atoms with Crippen molar-refractivity contribution in [2.75, 3.05) is 47.4 Å². The van der Waals surface area contributed by atoms with Gasteiger partial charge in [0.25, 0.3) is 0 Å². The lowest BCUT2D eigenvalue weighted by Crippen LogP contribution is -2.59. The van der Waals surface area contributed by atoms with Gasteiger partial charge in [0.15, 0.2) is 13.2 Å². The maximum atomic E-state index is 13.7. The van der Waals surface area contributed by atoms with Crippen LogP contribution in [0.4, 0.5) is 70.2 Å². The molecule has 0 heterocycles. The zero-order valence-corrected chi connectivity index (χ0v) is 21.6. The minimum Gasteiger partial charge on any atom is -0.459 e. The van der Waals surface area contributed by atoms with Crippen molar-refractivity contribution in [1.29, 1.82) is 0 Å². The van der Waals surface area contributed by atoms with E-state index in [1.54, 1.807) is 21.1 Å². The van der Waals surface area contributed by atoms with Crippen LogP contribution >= 0.6 is 0 Å². The predicted octanol–water partition coefficient (Wildman–Crippen LogP) is 4.86. The van der Waals surface area contributed by atoms with Crippen LogP contribution in [0.25, 0.3) is 0 Å². The third-order valence-electron chi connectivity index (χ3n) is 5.17. The number of esters is 2. The molecule has 1 N–H and O–H groups in total. The fourth-order valence-electron chi connectivity index (χ4n) is 2.67. The van der Waals surface area contributed by atoms with Crippen molar-refractivity contribution >= 4 is 11.9 Å². The summed E-state index contributed by atoms with van der Waals surface area (Å²) in [4.78, 5) is 24.0. The number of hydrogen-bond donors (Lipinski definition) is 1. The molecule has 0 saturated carbocycles. The van der Waals surface area contributed by atoms with Crippen LogP contribution in [-0.4, -0.2) is 118 Å². The maximum Gasteiger partial charge on any atom is 0.381 e. The second-order valence-corrected chi connectivity index (χ2v) is 9.75.